The molecule has 0 saturated carbocycles. The Bertz CT molecular complexity index is 709. The Kier molecular flexibility index (Phi) is 6.52. The molecule has 0 unspecified atom stereocenters. The van der Waals surface area contributed by atoms with Crippen LogP contribution in [0.1, 0.15) is 38.3 Å². The Hall–Kier alpha value is -2.50. The summed E-state index contributed by atoms with van der Waals surface area (Å²) in [6.07, 6.45) is 2.39. The van der Waals surface area contributed by atoms with Gasteiger partial charge < -0.3 is 19.3 Å². The summed E-state index contributed by atoms with van der Waals surface area (Å²) in [4.78, 5) is 28.4. The molecule has 148 valence electrons. The van der Waals surface area contributed by atoms with Gasteiger partial charge in [0.15, 0.2) is 0 Å². The van der Waals surface area contributed by atoms with Crippen molar-refractivity contribution in [3.05, 3.63) is 35.9 Å². The van der Waals surface area contributed by atoms with Crippen LogP contribution in [0.4, 0.5) is 4.79 Å². The Morgan fingerprint density at radius 1 is 1.37 bits per heavy atom. The van der Waals surface area contributed by atoms with Gasteiger partial charge in [-0.15, -0.1) is 0 Å². The normalized spacial score (nSPS) is 16.8. The summed E-state index contributed by atoms with van der Waals surface area (Å²) in [5, 5.41) is 0. The molecule has 0 spiro atoms. The Balaban J connectivity index is 2.00. The predicted octanol–water partition coefficient (Wildman–Crippen LogP) is 3.35. The average molecular weight is 374 g/mol. The van der Waals surface area contributed by atoms with Gasteiger partial charge in [0.1, 0.15) is 11.4 Å². The summed E-state index contributed by atoms with van der Waals surface area (Å²) >= 11 is 0. The van der Waals surface area contributed by atoms with E-state index in [1.807, 2.05) is 39.0 Å². The minimum atomic E-state index is -0.536. The molecule has 2 amide bonds. The zero-order valence-electron chi connectivity index (χ0n) is 16.9. The highest BCUT2D eigenvalue weighted by molar-refractivity contribution is 5.80. The topological polar surface area (TPSA) is 59.1 Å². The highest BCUT2D eigenvalue weighted by Crippen LogP contribution is 2.23. The summed E-state index contributed by atoms with van der Waals surface area (Å²) < 4.78 is 10.8. The van der Waals surface area contributed by atoms with Gasteiger partial charge >= 0.3 is 6.09 Å². The zero-order valence-corrected chi connectivity index (χ0v) is 16.9. The molecule has 27 heavy (non-hydrogen) atoms. The third-order valence-corrected chi connectivity index (χ3v) is 4.63. The van der Waals surface area contributed by atoms with Crippen LogP contribution in [-0.2, 0) is 16.0 Å². The standard InChI is InChI=1S/C21H30N2O4/c1-7-15-8-9-18(26-6)16(12-15)13-19(24)23-11-10-17(14-23)22(5)20(25)27-21(2,3)4/h7-9,12,17H,1,10-11,13-14H2,2-6H3/t17-/m1/s1. The predicted molar refractivity (Wildman–Crippen MR) is 106 cm³/mol. The van der Waals surface area contributed by atoms with Gasteiger partial charge in [0.25, 0.3) is 0 Å². The molecule has 0 bridgehead atoms. The second kappa shape index (κ2) is 8.46. The lowest BCUT2D eigenvalue weighted by Crippen LogP contribution is -2.42. The lowest BCUT2D eigenvalue weighted by molar-refractivity contribution is -0.129. The molecule has 0 aliphatic carbocycles. The van der Waals surface area contributed by atoms with Crippen molar-refractivity contribution in [3.8, 4) is 5.75 Å². The van der Waals surface area contributed by atoms with Crippen molar-refractivity contribution in [2.75, 3.05) is 27.2 Å². The molecule has 2 rings (SSSR count). The van der Waals surface area contributed by atoms with Gasteiger partial charge in [-0.1, -0.05) is 18.7 Å². The van der Waals surface area contributed by atoms with Gasteiger partial charge in [-0.05, 0) is 44.9 Å². The van der Waals surface area contributed by atoms with Crippen molar-refractivity contribution in [2.24, 2.45) is 0 Å². The minimum absolute atomic E-state index is 0.0228. The number of carbonyl (C=O) groups is 2. The number of nitrogens with zero attached hydrogens (tertiary/aromatic N) is 2. The van der Waals surface area contributed by atoms with Crippen LogP contribution < -0.4 is 4.74 Å². The number of likely N-dealkylation sites (tertiary alicyclic amines) is 1. The van der Waals surface area contributed by atoms with Crippen molar-refractivity contribution in [3.63, 3.8) is 0 Å². The number of amides is 2. The minimum Gasteiger partial charge on any atom is -0.496 e. The van der Waals surface area contributed by atoms with Crippen LogP contribution in [0.25, 0.3) is 6.08 Å². The van der Waals surface area contributed by atoms with E-state index in [1.165, 1.54) is 0 Å². The molecule has 1 aromatic rings. The molecule has 0 radical (unpaired) electrons. The largest absolute Gasteiger partial charge is 0.496 e. The molecule has 1 aromatic carbocycles. The van der Waals surface area contributed by atoms with Crippen LogP contribution in [0.5, 0.6) is 5.75 Å². The lowest BCUT2D eigenvalue weighted by Gasteiger charge is -2.28. The molecule has 1 saturated heterocycles. The van der Waals surface area contributed by atoms with Gasteiger partial charge in [0, 0.05) is 25.7 Å². The van der Waals surface area contributed by atoms with E-state index in [2.05, 4.69) is 6.58 Å². The Labute approximate surface area is 161 Å². The van der Waals surface area contributed by atoms with Gasteiger partial charge in [-0.25, -0.2) is 4.79 Å². The Morgan fingerprint density at radius 3 is 2.67 bits per heavy atom. The van der Waals surface area contributed by atoms with Gasteiger partial charge in [-0.2, -0.15) is 0 Å². The van der Waals surface area contributed by atoms with Gasteiger partial charge in [-0.3, -0.25) is 4.79 Å². The first kappa shape index (κ1) is 20.8. The van der Waals surface area contributed by atoms with Crippen LogP contribution in [0.15, 0.2) is 24.8 Å². The Morgan fingerprint density at radius 2 is 2.07 bits per heavy atom. The number of ether oxygens (including phenoxy) is 2. The average Bonchev–Trinajstić information content (AvgIpc) is 3.09. The van der Waals surface area contributed by atoms with Crippen molar-refractivity contribution in [2.45, 2.75) is 45.3 Å². The second-order valence-corrected chi connectivity index (χ2v) is 7.83. The van der Waals surface area contributed by atoms with E-state index in [9.17, 15) is 9.59 Å². The maximum atomic E-state index is 12.8. The fourth-order valence-electron chi connectivity index (χ4n) is 3.11. The number of hydrogen-bond acceptors (Lipinski definition) is 4. The molecule has 1 atom stereocenters. The van der Waals surface area contributed by atoms with Crippen LogP contribution in [-0.4, -0.2) is 60.7 Å². The van der Waals surface area contributed by atoms with E-state index >= 15 is 0 Å². The van der Waals surface area contributed by atoms with Crippen molar-refractivity contribution in [1.82, 2.24) is 9.80 Å². The first-order valence-electron chi connectivity index (χ1n) is 9.17. The number of rotatable bonds is 5. The van der Waals surface area contributed by atoms with E-state index < -0.39 is 5.60 Å². The monoisotopic (exact) mass is 374 g/mol. The lowest BCUT2D eigenvalue weighted by atomic mass is 10.1. The van der Waals surface area contributed by atoms with Crippen molar-refractivity contribution >= 4 is 18.1 Å². The fourth-order valence-corrected chi connectivity index (χ4v) is 3.11. The molecular weight excluding hydrogens is 344 g/mol. The van der Waals surface area contributed by atoms with Crippen molar-refractivity contribution < 1.29 is 19.1 Å². The van der Waals surface area contributed by atoms with E-state index in [1.54, 1.807) is 30.0 Å². The maximum Gasteiger partial charge on any atom is 0.410 e. The third-order valence-electron chi connectivity index (χ3n) is 4.63. The van der Waals surface area contributed by atoms with Crippen LogP contribution in [0, 0.1) is 0 Å². The molecule has 0 aromatic heterocycles. The van der Waals surface area contributed by atoms with Crippen LogP contribution >= 0.6 is 0 Å². The molecule has 1 heterocycles. The van der Waals surface area contributed by atoms with Crippen LogP contribution in [0.3, 0.4) is 0 Å². The number of likely N-dealkylation sites (N-methyl/N-ethyl adjacent to an activating group) is 1. The van der Waals surface area contributed by atoms with Crippen LogP contribution in [0.2, 0.25) is 0 Å². The molecular formula is C21H30N2O4. The van der Waals surface area contributed by atoms with Crippen molar-refractivity contribution in [1.29, 1.82) is 0 Å². The third kappa shape index (κ3) is 5.49. The molecule has 6 nitrogen and oxygen atoms in total. The fraction of sp³-hybridized carbons (Fsp3) is 0.524. The number of carbonyl (C=O) groups excluding carboxylic acids is 2. The molecule has 6 heteroatoms. The summed E-state index contributed by atoms with van der Waals surface area (Å²) in [6.45, 7) is 10.4. The number of benzene rings is 1. The maximum absolute atomic E-state index is 12.8. The summed E-state index contributed by atoms with van der Waals surface area (Å²) in [7, 11) is 3.32. The SMILES string of the molecule is C=Cc1ccc(OC)c(CC(=O)N2CC[C@@H](N(C)C(=O)OC(C)(C)C)C2)c1. The molecule has 1 aliphatic heterocycles. The summed E-state index contributed by atoms with van der Waals surface area (Å²) in [6, 6.07) is 5.64. The highest BCUT2D eigenvalue weighted by atomic mass is 16.6. The highest BCUT2D eigenvalue weighted by Gasteiger charge is 2.33. The first-order valence-corrected chi connectivity index (χ1v) is 9.17. The summed E-state index contributed by atoms with van der Waals surface area (Å²) in [5.41, 5.74) is 1.25. The van der Waals surface area contributed by atoms with Gasteiger partial charge in [0.05, 0.1) is 19.6 Å². The number of methoxy groups -OCH3 is 1. The number of hydrogen-bond donors (Lipinski definition) is 0. The van der Waals surface area contributed by atoms with E-state index in [0.717, 1.165) is 17.5 Å². The van der Waals surface area contributed by atoms with E-state index in [-0.39, 0.29) is 24.5 Å². The smallest absolute Gasteiger partial charge is 0.410 e. The first-order chi connectivity index (χ1) is 12.6. The van der Waals surface area contributed by atoms with E-state index in [4.69, 9.17) is 9.47 Å². The van der Waals surface area contributed by atoms with Gasteiger partial charge in [0.2, 0.25) is 5.91 Å². The molecule has 1 fully saturated rings. The second-order valence-electron chi connectivity index (χ2n) is 7.83. The molecule has 1 aliphatic rings. The zero-order chi connectivity index (χ0) is 20.2. The summed E-state index contributed by atoms with van der Waals surface area (Å²) in [5.74, 6) is 0.713. The molecule has 0 N–H and O–H groups in total. The van der Waals surface area contributed by atoms with E-state index in [0.29, 0.717) is 18.8 Å². The quantitative estimate of drug-likeness (QED) is 0.793.